The summed E-state index contributed by atoms with van der Waals surface area (Å²) in [6, 6.07) is 13.1. The van der Waals surface area contributed by atoms with E-state index in [0.717, 1.165) is 24.2 Å². The molecule has 0 saturated heterocycles. The molecule has 0 N–H and O–H groups in total. The van der Waals surface area contributed by atoms with E-state index in [9.17, 15) is 0 Å². The SMILES string of the molecule is CCCCCCCCC(=Nc1ccc(C)c(C)c1)C(CCCCC)=Nc1ccc(C)c(C)c1. The minimum absolute atomic E-state index is 1.00. The number of benzene rings is 2. The minimum atomic E-state index is 1.00. The van der Waals surface area contributed by atoms with Crippen molar-refractivity contribution < 1.29 is 0 Å². The van der Waals surface area contributed by atoms with Crippen molar-refractivity contribution in [2.75, 3.05) is 0 Å². The fraction of sp³-hybridized carbons (Fsp3) is 0.548. The molecule has 2 heteroatoms. The predicted molar refractivity (Wildman–Crippen MR) is 148 cm³/mol. The molecule has 0 fully saturated rings. The Bertz CT molecular complexity index is 921. The molecule has 0 aromatic heterocycles. The maximum atomic E-state index is 5.20. The zero-order valence-electron chi connectivity index (χ0n) is 22.1. The lowest BCUT2D eigenvalue weighted by Gasteiger charge is -2.13. The monoisotopic (exact) mass is 446 g/mol. The molecule has 180 valence electrons. The molecule has 2 rings (SSSR count). The maximum absolute atomic E-state index is 5.20. The van der Waals surface area contributed by atoms with Crippen LogP contribution in [-0.4, -0.2) is 11.4 Å². The van der Waals surface area contributed by atoms with Gasteiger partial charge in [-0.1, -0.05) is 70.9 Å². The third-order valence-corrected chi connectivity index (χ3v) is 6.63. The van der Waals surface area contributed by atoms with Gasteiger partial charge in [-0.2, -0.15) is 0 Å². The van der Waals surface area contributed by atoms with E-state index in [4.69, 9.17) is 9.98 Å². The highest BCUT2D eigenvalue weighted by Gasteiger charge is 2.11. The van der Waals surface area contributed by atoms with Gasteiger partial charge in [0, 0.05) is 0 Å². The Labute approximate surface area is 203 Å². The van der Waals surface area contributed by atoms with E-state index in [1.165, 1.54) is 91.5 Å². The average Bonchev–Trinajstić information content (AvgIpc) is 2.79. The van der Waals surface area contributed by atoms with Crippen LogP contribution in [0.4, 0.5) is 11.4 Å². The molecule has 2 aromatic carbocycles. The highest BCUT2D eigenvalue weighted by atomic mass is 14.8. The summed E-state index contributed by atoms with van der Waals surface area (Å²) in [5, 5.41) is 0. The summed E-state index contributed by atoms with van der Waals surface area (Å²) in [7, 11) is 0. The number of hydrogen-bond acceptors (Lipinski definition) is 2. The van der Waals surface area contributed by atoms with Crippen LogP contribution in [0.3, 0.4) is 0 Å². The second kappa shape index (κ2) is 14.8. The van der Waals surface area contributed by atoms with Gasteiger partial charge in [-0.25, -0.2) is 0 Å². The van der Waals surface area contributed by atoms with Gasteiger partial charge >= 0.3 is 0 Å². The van der Waals surface area contributed by atoms with Crippen molar-refractivity contribution in [2.24, 2.45) is 9.98 Å². The molecule has 0 heterocycles. The highest BCUT2D eigenvalue weighted by molar-refractivity contribution is 6.43. The lowest BCUT2D eigenvalue weighted by atomic mass is 10.0. The summed E-state index contributed by atoms with van der Waals surface area (Å²) in [6.07, 6.45) is 13.4. The standard InChI is InChI=1S/C31H46N2/c1-7-9-11-12-13-15-17-31(33-29-21-19-25(4)27(6)23-29)30(16-14-10-8-2)32-28-20-18-24(3)26(5)22-28/h18-23H,7-17H2,1-6H3. The Balaban J connectivity index is 2.36. The number of aryl methyl sites for hydroxylation is 4. The summed E-state index contributed by atoms with van der Waals surface area (Å²) in [4.78, 5) is 10.4. The molecule has 2 aromatic rings. The Morgan fingerprint density at radius 1 is 0.515 bits per heavy atom. The molecule has 0 atom stereocenters. The first-order valence-electron chi connectivity index (χ1n) is 13.2. The zero-order chi connectivity index (χ0) is 24.1. The van der Waals surface area contributed by atoms with E-state index in [1.54, 1.807) is 0 Å². The van der Waals surface area contributed by atoms with Gasteiger partial charge in [0.2, 0.25) is 0 Å². The number of nitrogens with zero attached hydrogens (tertiary/aromatic N) is 2. The summed E-state index contributed by atoms with van der Waals surface area (Å²) in [6.45, 7) is 13.2. The Morgan fingerprint density at radius 3 is 1.36 bits per heavy atom. The second-order valence-electron chi connectivity index (χ2n) is 9.63. The van der Waals surface area contributed by atoms with Gasteiger partial charge in [0.25, 0.3) is 0 Å². The van der Waals surface area contributed by atoms with Gasteiger partial charge < -0.3 is 0 Å². The molecule has 0 aliphatic heterocycles. The van der Waals surface area contributed by atoms with Crippen LogP contribution < -0.4 is 0 Å². The first kappa shape index (κ1) is 27.0. The fourth-order valence-corrected chi connectivity index (χ4v) is 4.05. The van der Waals surface area contributed by atoms with Crippen LogP contribution >= 0.6 is 0 Å². The summed E-state index contributed by atoms with van der Waals surface area (Å²) in [5.74, 6) is 0. The number of aliphatic imine (C=N–C) groups is 2. The topological polar surface area (TPSA) is 24.7 Å². The van der Waals surface area contributed by atoms with Crippen molar-refractivity contribution in [3.63, 3.8) is 0 Å². The van der Waals surface area contributed by atoms with E-state index in [2.05, 4.69) is 77.9 Å². The van der Waals surface area contributed by atoms with Gasteiger partial charge in [0.05, 0.1) is 22.8 Å². The third-order valence-electron chi connectivity index (χ3n) is 6.63. The molecule has 0 aliphatic rings. The normalized spacial score (nSPS) is 12.4. The summed E-state index contributed by atoms with van der Waals surface area (Å²) < 4.78 is 0. The lowest BCUT2D eigenvalue weighted by Crippen LogP contribution is -2.14. The Kier molecular flexibility index (Phi) is 12.1. The van der Waals surface area contributed by atoms with E-state index < -0.39 is 0 Å². The van der Waals surface area contributed by atoms with Gasteiger partial charge in [0.1, 0.15) is 0 Å². The number of rotatable bonds is 14. The molecule has 0 amide bonds. The van der Waals surface area contributed by atoms with Crippen molar-refractivity contribution in [1.29, 1.82) is 0 Å². The van der Waals surface area contributed by atoms with Crippen LogP contribution in [0.15, 0.2) is 46.4 Å². The van der Waals surface area contributed by atoms with Crippen molar-refractivity contribution in [2.45, 2.75) is 112 Å². The van der Waals surface area contributed by atoms with Crippen LogP contribution in [0.1, 0.15) is 107 Å². The Hall–Kier alpha value is -2.22. The molecular weight excluding hydrogens is 400 g/mol. The zero-order valence-corrected chi connectivity index (χ0v) is 22.1. The van der Waals surface area contributed by atoms with Crippen molar-refractivity contribution in [3.05, 3.63) is 58.7 Å². The van der Waals surface area contributed by atoms with Gasteiger partial charge in [0.15, 0.2) is 0 Å². The van der Waals surface area contributed by atoms with Gasteiger partial charge in [-0.15, -0.1) is 0 Å². The molecule has 0 saturated carbocycles. The first-order chi connectivity index (χ1) is 15.9. The quantitative estimate of drug-likeness (QED) is 0.204. The third kappa shape index (κ3) is 9.66. The van der Waals surface area contributed by atoms with Crippen LogP contribution in [0.2, 0.25) is 0 Å². The molecule has 0 bridgehead atoms. The van der Waals surface area contributed by atoms with Crippen LogP contribution in [0, 0.1) is 27.7 Å². The van der Waals surface area contributed by atoms with E-state index >= 15 is 0 Å². The molecule has 0 radical (unpaired) electrons. The second-order valence-corrected chi connectivity index (χ2v) is 9.63. The molecule has 0 unspecified atom stereocenters. The van der Waals surface area contributed by atoms with Crippen molar-refractivity contribution in [3.8, 4) is 0 Å². The van der Waals surface area contributed by atoms with Crippen LogP contribution in [0.25, 0.3) is 0 Å². The maximum Gasteiger partial charge on any atom is 0.0636 e. The molecule has 0 aliphatic carbocycles. The van der Waals surface area contributed by atoms with Crippen molar-refractivity contribution in [1.82, 2.24) is 0 Å². The number of unbranched alkanes of at least 4 members (excludes halogenated alkanes) is 7. The van der Waals surface area contributed by atoms with Crippen LogP contribution in [0.5, 0.6) is 0 Å². The molecule has 0 spiro atoms. The Morgan fingerprint density at radius 2 is 0.909 bits per heavy atom. The highest BCUT2D eigenvalue weighted by Crippen LogP contribution is 2.23. The summed E-state index contributed by atoms with van der Waals surface area (Å²) in [5.41, 5.74) is 9.71. The largest absolute Gasteiger partial charge is 0.252 e. The van der Waals surface area contributed by atoms with E-state index in [1.807, 2.05) is 0 Å². The smallest absolute Gasteiger partial charge is 0.0636 e. The molecule has 2 nitrogen and oxygen atoms in total. The van der Waals surface area contributed by atoms with Crippen molar-refractivity contribution >= 4 is 22.8 Å². The van der Waals surface area contributed by atoms with E-state index in [-0.39, 0.29) is 0 Å². The molecule has 33 heavy (non-hydrogen) atoms. The van der Waals surface area contributed by atoms with Gasteiger partial charge in [-0.05, 0) is 99.9 Å². The predicted octanol–water partition coefficient (Wildman–Crippen LogP) is 10.1. The lowest BCUT2D eigenvalue weighted by molar-refractivity contribution is 0.616. The first-order valence-corrected chi connectivity index (χ1v) is 13.2. The average molecular weight is 447 g/mol. The van der Waals surface area contributed by atoms with Crippen LogP contribution in [-0.2, 0) is 0 Å². The van der Waals surface area contributed by atoms with E-state index in [0.29, 0.717) is 0 Å². The number of hydrogen-bond donors (Lipinski definition) is 0. The van der Waals surface area contributed by atoms with Gasteiger partial charge in [-0.3, -0.25) is 9.98 Å². The molecular formula is C31H46N2. The minimum Gasteiger partial charge on any atom is -0.252 e. The summed E-state index contributed by atoms with van der Waals surface area (Å²) >= 11 is 0. The fourth-order valence-electron chi connectivity index (χ4n) is 4.05.